The highest BCUT2D eigenvalue weighted by atomic mass is 16.3. The van der Waals surface area contributed by atoms with Crippen molar-refractivity contribution in [3.8, 4) is 6.07 Å². The van der Waals surface area contributed by atoms with Gasteiger partial charge < -0.3 is 10.4 Å². The number of aliphatic hydroxyl groups is 1. The quantitative estimate of drug-likeness (QED) is 0.857. The molecule has 90 valence electrons. The van der Waals surface area contributed by atoms with E-state index < -0.39 is 0 Å². The molecule has 4 nitrogen and oxygen atoms in total. The lowest BCUT2D eigenvalue weighted by Gasteiger charge is -2.17. The topological polar surface area (TPSA) is 68.9 Å². The molecule has 0 aliphatic rings. The first-order valence-electron chi connectivity index (χ1n) is 5.62. The number of aromatic nitrogens is 1. The van der Waals surface area contributed by atoms with E-state index in [0.29, 0.717) is 11.4 Å². The zero-order valence-corrected chi connectivity index (χ0v) is 9.74. The molecule has 0 radical (unpaired) electrons. The van der Waals surface area contributed by atoms with Gasteiger partial charge in [0.1, 0.15) is 11.9 Å². The van der Waals surface area contributed by atoms with Crippen LogP contribution in [0.1, 0.15) is 17.2 Å². The number of anilines is 1. The van der Waals surface area contributed by atoms with E-state index in [4.69, 9.17) is 5.26 Å². The van der Waals surface area contributed by atoms with Gasteiger partial charge >= 0.3 is 0 Å². The first kappa shape index (κ1) is 12.1. The average Bonchev–Trinajstić information content (AvgIpc) is 2.46. The first-order chi connectivity index (χ1) is 8.85. The van der Waals surface area contributed by atoms with Gasteiger partial charge in [0.2, 0.25) is 0 Å². The van der Waals surface area contributed by atoms with E-state index >= 15 is 0 Å². The zero-order valence-electron chi connectivity index (χ0n) is 9.74. The van der Waals surface area contributed by atoms with Crippen LogP contribution in [0.2, 0.25) is 0 Å². The van der Waals surface area contributed by atoms with Gasteiger partial charge in [-0.3, -0.25) is 0 Å². The van der Waals surface area contributed by atoms with Gasteiger partial charge in [-0.15, -0.1) is 0 Å². The number of rotatable bonds is 4. The van der Waals surface area contributed by atoms with Crippen LogP contribution >= 0.6 is 0 Å². The van der Waals surface area contributed by atoms with E-state index in [9.17, 15) is 5.11 Å². The van der Waals surface area contributed by atoms with Crippen molar-refractivity contribution >= 4 is 5.82 Å². The second-order valence-electron chi connectivity index (χ2n) is 3.80. The summed E-state index contributed by atoms with van der Waals surface area (Å²) in [5, 5.41) is 21.5. The van der Waals surface area contributed by atoms with Crippen molar-refractivity contribution in [2.45, 2.75) is 6.04 Å². The highest BCUT2D eigenvalue weighted by molar-refractivity contribution is 5.52. The van der Waals surface area contributed by atoms with Crippen LogP contribution in [-0.4, -0.2) is 16.7 Å². The highest BCUT2D eigenvalue weighted by Crippen LogP contribution is 2.19. The van der Waals surface area contributed by atoms with Gasteiger partial charge in [-0.1, -0.05) is 30.3 Å². The summed E-state index contributed by atoms with van der Waals surface area (Å²) >= 11 is 0. The average molecular weight is 239 g/mol. The Morgan fingerprint density at radius 2 is 2.00 bits per heavy atom. The third kappa shape index (κ3) is 2.65. The van der Waals surface area contributed by atoms with Gasteiger partial charge in [-0.2, -0.15) is 5.26 Å². The third-order valence-electron chi connectivity index (χ3n) is 2.62. The minimum Gasteiger partial charge on any atom is -0.394 e. The third-order valence-corrected chi connectivity index (χ3v) is 2.62. The molecule has 0 aliphatic heterocycles. The predicted octanol–water partition coefficient (Wildman–Crippen LogP) is 2.10. The van der Waals surface area contributed by atoms with Crippen LogP contribution in [0.5, 0.6) is 0 Å². The Labute approximate surface area is 106 Å². The van der Waals surface area contributed by atoms with Crippen molar-refractivity contribution in [2.24, 2.45) is 0 Å². The van der Waals surface area contributed by atoms with Crippen molar-refractivity contribution in [1.29, 1.82) is 5.26 Å². The number of hydrogen-bond donors (Lipinski definition) is 2. The molecule has 0 aliphatic carbocycles. The number of hydrogen-bond acceptors (Lipinski definition) is 4. The molecular formula is C14H13N3O. The molecule has 0 fully saturated rings. The molecule has 2 rings (SSSR count). The van der Waals surface area contributed by atoms with Crippen LogP contribution in [0, 0.1) is 11.3 Å². The van der Waals surface area contributed by atoms with Gasteiger partial charge in [-0.05, 0) is 17.7 Å². The number of aliphatic hydroxyl groups excluding tert-OH is 1. The van der Waals surface area contributed by atoms with Gasteiger partial charge in [-0.25, -0.2) is 4.98 Å². The lowest BCUT2D eigenvalue weighted by molar-refractivity contribution is 0.276. The number of nitrogens with zero attached hydrogens (tertiary/aromatic N) is 2. The molecule has 1 aromatic heterocycles. The summed E-state index contributed by atoms with van der Waals surface area (Å²) in [5.74, 6) is 0.489. The van der Waals surface area contributed by atoms with Crippen LogP contribution in [-0.2, 0) is 0 Å². The lowest BCUT2D eigenvalue weighted by Crippen LogP contribution is -2.16. The number of nitriles is 1. The summed E-state index contributed by atoms with van der Waals surface area (Å²) in [5.41, 5.74) is 1.42. The van der Waals surface area contributed by atoms with Crippen molar-refractivity contribution in [2.75, 3.05) is 11.9 Å². The zero-order chi connectivity index (χ0) is 12.8. The van der Waals surface area contributed by atoms with E-state index in [-0.39, 0.29) is 12.6 Å². The molecule has 2 N–H and O–H groups in total. The monoisotopic (exact) mass is 239 g/mol. The van der Waals surface area contributed by atoms with Gasteiger partial charge in [0, 0.05) is 6.20 Å². The molecule has 0 unspecified atom stereocenters. The van der Waals surface area contributed by atoms with E-state index in [1.54, 1.807) is 18.3 Å². The fourth-order valence-corrected chi connectivity index (χ4v) is 1.70. The van der Waals surface area contributed by atoms with Gasteiger partial charge in [0.05, 0.1) is 18.2 Å². The molecule has 1 heterocycles. The Kier molecular flexibility index (Phi) is 3.90. The maximum Gasteiger partial charge on any atom is 0.144 e. The van der Waals surface area contributed by atoms with Crippen LogP contribution < -0.4 is 5.32 Å². The Balaban J connectivity index is 2.24. The lowest BCUT2D eigenvalue weighted by atomic mass is 10.1. The maximum absolute atomic E-state index is 9.43. The fourth-order valence-electron chi connectivity index (χ4n) is 1.70. The normalized spacial score (nSPS) is 11.6. The Morgan fingerprint density at radius 1 is 1.22 bits per heavy atom. The largest absolute Gasteiger partial charge is 0.394 e. The number of benzene rings is 1. The second kappa shape index (κ2) is 5.80. The number of nitrogens with one attached hydrogen (secondary N) is 1. The van der Waals surface area contributed by atoms with Crippen molar-refractivity contribution < 1.29 is 5.11 Å². The predicted molar refractivity (Wildman–Crippen MR) is 68.8 cm³/mol. The van der Waals surface area contributed by atoms with Gasteiger partial charge in [0.25, 0.3) is 0 Å². The minimum atomic E-state index is -0.270. The van der Waals surface area contributed by atoms with Crippen LogP contribution in [0.4, 0.5) is 5.82 Å². The Bertz CT molecular complexity index is 548. The van der Waals surface area contributed by atoms with Crippen LogP contribution in [0.25, 0.3) is 0 Å². The fraction of sp³-hybridized carbons (Fsp3) is 0.143. The molecule has 0 amide bonds. The van der Waals surface area contributed by atoms with Crippen molar-refractivity contribution in [3.05, 3.63) is 59.8 Å². The molecule has 18 heavy (non-hydrogen) atoms. The number of pyridine rings is 1. The molecule has 1 aromatic carbocycles. The molecule has 4 heteroatoms. The first-order valence-corrected chi connectivity index (χ1v) is 5.62. The summed E-state index contributed by atoms with van der Waals surface area (Å²) in [6.45, 7) is -0.0640. The van der Waals surface area contributed by atoms with E-state index in [2.05, 4.69) is 16.4 Å². The maximum atomic E-state index is 9.43. The van der Waals surface area contributed by atoms with E-state index in [0.717, 1.165) is 5.56 Å². The Morgan fingerprint density at radius 3 is 2.67 bits per heavy atom. The smallest absolute Gasteiger partial charge is 0.144 e. The highest BCUT2D eigenvalue weighted by Gasteiger charge is 2.12. The van der Waals surface area contributed by atoms with E-state index in [1.165, 1.54) is 0 Å². The van der Waals surface area contributed by atoms with Gasteiger partial charge in [0.15, 0.2) is 0 Å². The molecule has 1 atom stereocenters. The molecule has 0 bridgehead atoms. The van der Waals surface area contributed by atoms with Crippen LogP contribution in [0.3, 0.4) is 0 Å². The SMILES string of the molecule is N#Cc1cccnc1N[C@H](CO)c1ccccc1. The summed E-state index contributed by atoms with van der Waals surface area (Å²) in [6.07, 6.45) is 1.61. The summed E-state index contributed by atoms with van der Waals surface area (Å²) in [4.78, 5) is 4.12. The summed E-state index contributed by atoms with van der Waals surface area (Å²) < 4.78 is 0. The second-order valence-corrected chi connectivity index (χ2v) is 3.80. The molecular weight excluding hydrogens is 226 g/mol. The molecule has 0 saturated heterocycles. The van der Waals surface area contributed by atoms with E-state index in [1.807, 2.05) is 30.3 Å². The standard InChI is InChI=1S/C14H13N3O/c15-9-12-7-4-8-16-14(12)17-13(10-18)11-5-2-1-3-6-11/h1-8,13,18H,10H2,(H,16,17)/t13-/m1/s1. The summed E-state index contributed by atoms with van der Waals surface area (Å²) in [6, 6.07) is 14.8. The molecule has 2 aromatic rings. The van der Waals surface area contributed by atoms with Crippen molar-refractivity contribution in [3.63, 3.8) is 0 Å². The van der Waals surface area contributed by atoms with Crippen molar-refractivity contribution in [1.82, 2.24) is 4.98 Å². The Hall–Kier alpha value is -2.38. The van der Waals surface area contributed by atoms with Crippen LogP contribution in [0.15, 0.2) is 48.7 Å². The minimum absolute atomic E-state index is 0.0640. The molecule has 0 spiro atoms. The molecule has 0 saturated carbocycles. The summed E-state index contributed by atoms with van der Waals surface area (Å²) in [7, 11) is 0.